The van der Waals surface area contributed by atoms with Crippen molar-refractivity contribution in [3.63, 3.8) is 0 Å². The predicted octanol–water partition coefficient (Wildman–Crippen LogP) is 4.11. The molecule has 0 radical (unpaired) electrons. The van der Waals surface area contributed by atoms with Gasteiger partial charge in [0.25, 0.3) is 0 Å². The van der Waals surface area contributed by atoms with Crippen LogP contribution >= 0.6 is 0 Å². The summed E-state index contributed by atoms with van der Waals surface area (Å²) < 4.78 is 13.9. The number of imidazole rings is 1. The topological polar surface area (TPSA) is 77.3 Å². The van der Waals surface area contributed by atoms with Gasteiger partial charge < -0.3 is 24.3 Å². The first-order valence-corrected chi connectivity index (χ1v) is 11.9. The molecule has 0 unspecified atom stereocenters. The summed E-state index contributed by atoms with van der Waals surface area (Å²) >= 11 is 0. The molecule has 1 N–H and O–H groups in total. The number of nitrogens with one attached hydrogen (secondary N) is 1. The highest BCUT2D eigenvalue weighted by atomic mass is 16.5. The first kappa shape index (κ1) is 23.3. The highest BCUT2D eigenvalue weighted by molar-refractivity contribution is 5.67. The van der Waals surface area contributed by atoms with E-state index in [0.29, 0.717) is 12.5 Å². The maximum absolute atomic E-state index is 6.25. The summed E-state index contributed by atoms with van der Waals surface area (Å²) in [4.78, 5) is 16.6. The zero-order valence-electron chi connectivity index (χ0n) is 20.5. The Morgan fingerprint density at radius 1 is 1.15 bits per heavy atom. The van der Waals surface area contributed by atoms with Gasteiger partial charge >= 0.3 is 0 Å². The molecule has 1 saturated heterocycles. The molecule has 1 aromatic rings. The number of rotatable bonds is 9. The van der Waals surface area contributed by atoms with Gasteiger partial charge in [-0.25, -0.2) is 15.0 Å². The van der Waals surface area contributed by atoms with E-state index in [1.54, 1.807) is 7.11 Å². The molecule has 3 aliphatic rings. The molecule has 0 aliphatic carbocycles. The third kappa shape index (κ3) is 5.38. The molecule has 0 spiro atoms. The summed E-state index contributed by atoms with van der Waals surface area (Å²) in [5.41, 5.74) is 1.92. The Morgan fingerprint density at radius 2 is 1.94 bits per heavy atom. The van der Waals surface area contributed by atoms with Gasteiger partial charge in [0.15, 0.2) is 28.8 Å². The van der Waals surface area contributed by atoms with E-state index in [1.165, 1.54) is 12.8 Å². The zero-order chi connectivity index (χ0) is 23.4. The molecule has 0 atom stereocenters. The number of aromatic nitrogens is 4. The molecule has 0 saturated carbocycles. The first-order chi connectivity index (χ1) is 16.0. The second-order valence-electron chi connectivity index (χ2n) is 9.20. The SMILES string of the molecule is CCNc1ncn(Cc2ccc(OC)c(OCC3CCN(C)CC3)c2)c2nc(C(C)C)nc1-2. The number of ether oxygens (including phenoxy) is 2. The number of hydrogen-bond acceptors (Lipinski definition) is 7. The third-order valence-electron chi connectivity index (χ3n) is 6.24. The van der Waals surface area contributed by atoms with E-state index in [1.807, 2.05) is 12.4 Å². The molecule has 3 aliphatic heterocycles. The molecule has 1 fully saturated rings. The minimum atomic E-state index is 0.251. The van der Waals surface area contributed by atoms with E-state index in [0.717, 1.165) is 66.5 Å². The number of methoxy groups -OCH3 is 1. The standard InChI is InChI=1S/C25H36N6O2/c1-6-26-24-22-25(29-23(28-22)17(2)3)31(16-27-24)14-19-7-8-20(32-5)21(13-19)33-15-18-9-11-30(4)12-10-18/h7-8,13,16-18,26H,6,9-12,14-15H2,1-5H3. The smallest absolute Gasteiger partial charge is 0.166 e. The van der Waals surface area contributed by atoms with Gasteiger partial charge in [-0.05, 0) is 63.5 Å². The van der Waals surface area contributed by atoms with E-state index < -0.39 is 0 Å². The van der Waals surface area contributed by atoms with Crippen molar-refractivity contribution in [3.05, 3.63) is 35.9 Å². The minimum absolute atomic E-state index is 0.251. The van der Waals surface area contributed by atoms with Crippen LogP contribution in [0.25, 0.3) is 11.5 Å². The Balaban J connectivity index is 1.56. The number of likely N-dealkylation sites (tertiary alicyclic amines) is 1. The maximum Gasteiger partial charge on any atom is 0.166 e. The Labute approximate surface area is 196 Å². The number of benzene rings is 1. The largest absolute Gasteiger partial charge is 0.493 e. The van der Waals surface area contributed by atoms with Crippen LogP contribution in [0.2, 0.25) is 0 Å². The number of piperidine rings is 1. The molecule has 8 nitrogen and oxygen atoms in total. The Kier molecular flexibility index (Phi) is 7.33. The summed E-state index contributed by atoms with van der Waals surface area (Å²) in [7, 11) is 3.87. The van der Waals surface area contributed by atoms with Crippen LogP contribution in [-0.2, 0) is 6.54 Å². The van der Waals surface area contributed by atoms with E-state index in [4.69, 9.17) is 19.4 Å². The fourth-order valence-corrected chi connectivity index (χ4v) is 4.19. The van der Waals surface area contributed by atoms with E-state index in [2.05, 4.69) is 59.7 Å². The number of hydrogen-bond donors (Lipinski definition) is 1. The Hall–Kier alpha value is -2.87. The molecule has 3 heterocycles. The van der Waals surface area contributed by atoms with Gasteiger partial charge in [0.05, 0.1) is 26.6 Å². The quantitative estimate of drug-likeness (QED) is 0.523. The molecule has 1 aromatic carbocycles. The Bertz CT molecular complexity index is 1030. The number of fused-ring (bicyclic) bond motifs is 1. The van der Waals surface area contributed by atoms with Crippen molar-refractivity contribution in [2.45, 2.75) is 46.1 Å². The molecule has 0 bridgehead atoms. The summed E-state index contributed by atoms with van der Waals surface area (Å²) in [5, 5.41) is 3.30. The van der Waals surface area contributed by atoms with E-state index in [9.17, 15) is 0 Å². The molecule has 8 heteroatoms. The molecule has 178 valence electrons. The third-order valence-corrected chi connectivity index (χ3v) is 6.24. The van der Waals surface area contributed by atoms with Crippen LogP contribution in [0, 0.1) is 5.92 Å². The van der Waals surface area contributed by atoms with E-state index >= 15 is 0 Å². The van der Waals surface area contributed by atoms with Crippen molar-refractivity contribution in [1.82, 2.24) is 24.4 Å². The fraction of sp³-hybridized carbons (Fsp3) is 0.560. The maximum atomic E-state index is 6.25. The van der Waals surface area contributed by atoms with E-state index in [-0.39, 0.29) is 5.92 Å². The average Bonchev–Trinajstić information content (AvgIpc) is 3.27. The molecule has 33 heavy (non-hydrogen) atoms. The van der Waals surface area contributed by atoms with Crippen LogP contribution in [0.4, 0.5) is 5.82 Å². The molecule has 4 rings (SSSR count). The first-order valence-electron chi connectivity index (χ1n) is 11.9. The van der Waals surface area contributed by atoms with Gasteiger partial charge in [0.2, 0.25) is 0 Å². The second kappa shape index (κ2) is 10.4. The van der Waals surface area contributed by atoms with Crippen LogP contribution in [0.1, 0.15) is 50.9 Å². The molecule has 0 amide bonds. The normalized spacial score (nSPS) is 15.3. The van der Waals surface area contributed by atoms with Crippen LogP contribution in [0.3, 0.4) is 0 Å². The summed E-state index contributed by atoms with van der Waals surface area (Å²) in [6.07, 6.45) is 4.18. The lowest BCUT2D eigenvalue weighted by Gasteiger charge is -2.29. The van der Waals surface area contributed by atoms with Gasteiger partial charge in [-0.2, -0.15) is 0 Å². The monoisotopic (exact) mass is 452 g/mol. The highest BCUT2D eigenvalue weighted by Gasteiger charge is 2.22. The van der Waals surface area contributed by atoms with Gasteiger partial charge in [-0.1, -0.05) is 19.9 Å². The summed E-state index contributed by atoms with van der Waals surface area (Å²) in [6.45, 7) is 10.7. The number of nitrogens with zero attached hydrogens (tertiary/aromatic N) is 5. The average molecular weight is 453 g/mol. The zero-order valence-corrected chi connectivity index (χ0v) is 20.5. The van der Waals surface area contributed by atoms with Gasteiger partial charge in [0.1, 0.15) is 5.82 Å². The van der Waals surface area contributed by atoms with Gasteiger partial charge in [-0.3, -0.25) is 0 Å². The highest BCUT2D eigenvalue weighted by Crippen LogP contribution is 2.32. The Morgan fingerprint density at radius 3 is 2.64 bits per heavy atom. The summed E-state index contributed by atoms with van der Waals surface area (Å²) in [5.74, 6) is 4.84. The van der Waals surface area contributed by atoms with Crippen LogP contribution < -0.4 is 14.8 Å². The van der Waals surface area contributed by atoms with Crippen LogP contribution in [0.5, 0.6) is 11.5 Å². The van der Waals surface area contributed by atoms with Gasteiger partial charge in [-0.15, -0.1) is 0 Å². The minimum Gasteiger partial charge on any atom is -0.493 e. The van der Waals surface area contributed by atoms with Crippen molar-refractivity contribution in [2.75, 3.05) is 45.7 Å². The second-order valence-corrected chi connectivity index (χ2v) is 9.20. The number of anilines is 1. The van der Waals surface area contributed by atoms with Crippen molar-refractivity contribution >= 4 is 5.82 Å². The fourth-order valence-electron chi connectivity index (χ4n) is 4.19. The van der Waals surface area contributed by atoms with Crippen LogP contribution in [0.15, 0.2) is 24.5 Å². The van der Waals surface area contributed by atoms with Crippen molar-refractivity contribution in [1.29, 1.82) is 0 Å². The lowest BCUT2D eigenvalue weighted by Crippen LogP contribution is -2.32. The van der Waals surface area contributed by atoms with Crippen molar-refractivity contribution < 1.29 is 9.47 Å². The van der Waals surface area contributed by atoms with Crippen molar-refractivity contribution in [2.24, 2.45) is 5.92 Å². The lowest BCUT2D eigenvalue weighted by atomic mass is 9.98. The molecular formula is C25H36N6O2. The lowest BCUT2D eigenvalue weighted by molar-refractivity contribution is 0.157. The predicted molar refractivity (Wildman–Crippen MR) is 131 cm³/mol. The summed E-state index contributed by atoms with van der Waals surface area (Å²) in [6, 6.07) is 6.12. The molecule has 0 aromatic heterocycles. The van der Waals surface area contributed by atoms with Gasteiger partial charge in [0, 0.05) is 12.5 Å². The molecular weight excluding hydrogens is 416 g/mol. The van der Waals surface area contributed by atoms with Crippen LogP contribution in [-0.4, -0.2) is 64.8 Å². The van der Waals surface area contributed by atoms with Crippen molar-refractivity contribution in [3.8, 4) is 23.0 Å².